The number of nitrogens with zero attached hydrogens (tertiary/aromatic N) is 1. The van der Waals surface area contributed by atoms with Crippen LogP contribution in [0.4, 0.5) is 0 Å². The molecule has 1 aromatic heterocycles. The van der Waals surface area contributed by atoms with E-state index in [-0.39, 0.29) is 24.2 Å². The maximum Gasteiger partial charge on any atom is 0.290 e. The highest BCUT2D eigenvalue weighted by Crippen LogP contribution is 2.33. The van der Waals surface area contributed by atoms with Gasteiger partial charge in [0, 0.05) is 31.2 Å². The van der Waals surface area contributed by atoms with Gasteiger partial charge in [-0.1, -0.05) is 18.2 Å². The zero-order valence-electron chi connectivity index (χ0n) is 13.5. The summed E-state index contributed by atoms with van der Waals surface area (Å²) < 4.78 is 17.2. The first-order valence-corrected chi connectivity index (χ1v) is 8.14. The molecule has 2 aromatic rings. The van der Waals surface area contributed by atoms with Crippen LogP contribution < -0.4 is 0 Å². The number of benzene rings is 1. The Morgan fingerprint density at radius 3 is 2.91 bits per heavy atom. The number of carbonyl (C=O) groups is 1. The second kappa shape index (κ2) is 5.65. The van der Waals surface area contributed by atoms with Crippen LogP contribution in [0.15, 0.2) is 28.7 Å². The Morgan fingerprint density at radius 1 is 1.30 bits per heavy atom. The Labute approximate surface area is 135 Å². The molecule has 0 radical (unpaired) electrons. The van der Waals surface area contributed by atoms with Gasteiger partial charge in [-0.2, -0.15) is 0 Å². The van der Waals surface area contributed by atoms with E-state index in [9.17, 15) is 4.79 Å². The Hall–Kier alpha value is -1.85. The number of amides is 1. The van der Waals surface area contributed by atoms with Crippen molar-refractivity contribution in [3.8, 4) is 0 Å². The SMILES string of the molecule is CO[C@H]1CCN(C(=O)c2oc3ccccc3c2C)[C@H]2CCO[C@H]12. The molecule has 0 spiro atoms. The normalized spacial score (nSPS) is 27.4. The minimum atomic E-state index is -0.0336. The van der Waals surface area contributed by atoms with E-state index in [2.05, 4.69) is 0 Å². The second-order valence-electron chi connectivity index (χ2n) is 6.31. The lowest BCUT2D eigenvalue weighted by atomic mass is 9.95. The number of hydrogen-bond acceptors (Lipinski definition) is 4. The lowest BCUT2D eigenvalue weighted by molar-refractivity contribution is -0.0757. The Balaban J connectivity index is 1.67. The fourth-order valence-corrected chi connectivity index (χ4v) is 3.90. The Morgan fingerprint density at radius 2 is 2.13 bits per heavy atom. The number of para-hydroxylation sites is 1. The number of rotatable bonds is 2. The first kappa shape index (κ1) is 14.7. The molecule has 1 amide bonds. The molecular weight excluding hydrogens is 294 g/mol. The van der Waals surface area contributed by atoms with Crippen molar-refractivity contribution in [3.05, 3.63) is 35.6 Å². The number of piperidine rings is 1. The average Bonchev–Trinajstić information content (AvgIpc) is 3.19. The highest BCUT2D eigenvalue weighted by Gasteiger charge is 2.45. The Kier molecular flexibility index (Phi) is 3.62. The predicted molar refractivity (Wildman–Crippen MR) is 85.5 cm³/mol. The molecule has 0 bridgehead atoms. The summed E-state index contributed by atoms with van der Waals surface area (Å²) in [6, 6.07) is 7.85. The fourth-order valence-electron chi connectivity index (χ4n) is 3.90. The van der Waals surface area contributed by atoms with Gasteiger partial charge < -0.3 is 18.8 Å². The summed E-state index contributed by atoms with van der Waals surface area (Å²) in [7, 11) is 1.71. The molecule has 3 heterocycles. The number of likely N-dealkylation sites (tertiary alicyclic amines) is 1. The number of furan rings is 1. The molecule has 0 N–H and O–H groups in total. The van der Waals surface area contributed by atoms with Gasteiger partial charge in [0.2, 0.25) is 0 Å². The van der Waals surface area contributed by atoms with Crippen molar-refractivity contribution in [1.82, 2.24) is 4.90 Å². The molecule has 2 saturated heterocycles. The number of methoxy groups -OCH3 is 1. The van der Waals surface area contributed by atoms with Crippen LogP contribution in [0.1, 0.15) is 29.0 Å². The summed E-state index contributed by atoms with van der Waals surface area (Å²) in [5, 5.41) is 1.00. The van der Waals surface area contributed by atoms with Crippen LogP contribution >= 0.6 is 0 Å². The number of carbonyl (C=O) groups excluding carboxylic acids is 1. The quantitative estimate of drug-likeness (QED) is 0.855. The minimum Gasteiger partial charge on any atom is -0.451 e. The molecule has 122 valence electrons. The van der Waals surface area contributed by atoms with E-state index in [1.54, 1.807) is 7.11 Å². The molecule has 5 heteroatoms. The number of fused-ring (bicyclic) bond motifs is 2. The summed E-state index contributed by atoms with van der Waals surface area (Å²) in [5.41, 5.74) is 1.68. The summed E-state index contributed by atoms with van der Waals surface area (Å²) in [5.74, 6) is 0.418. The molecule has 0 unspecified atom stereocenters. The maximum atomic E-state index is 13.1. The van der Waals surface area contributed by atoms with Crippen molar-refractivity contribution in [2.75, 3.05) is 20.3 Å². The van der Waals surface area contributed by atoms with Crippen LogP contribution in [0.25, 0.3) is 11.0 Å². The van der Waals surface area contributed by atoms with Crippen LogP contribution in [0.2, 0.25) is 0 Å². The molecule has 2 aliphatic heterocycles. The van der Waals surface area contributed by atoms with E-state index < -0.39 is 0 Å². The van der Waals surface area contributed by atoms with E-state index >= 15 is 0 Å². The molecule has 0 saturated carbocycles. The van der Waals surface area contributed by atoms with Crippen LogP contribution in [-0.2, 0) is 9.47 Å². The zero-order valence-corrected chi connectivity index (χ0v) is 13.5. The topological polar surface area (TPSA) is 51.9 Å². The third-order valence-corrected chi connectivity index (χ3v) is 5.13. The van der Waals surface area contributed by atoms with Crippen LogP contribution in [0.5, 0.6) is 0 Å². The first-order chi connectivity index (χ1) is 11.2. The van der Waals surface area contributed by atoms with Crippen LogP contribution in [-0.4, -0.2) is 49.3 Å². The molecule has 2 aliphatic rings. The van der Waals surface area contributed by atoms with Gasteiger partial charge in [-0.15, -0.1) is 0 Å². The lowest BCUT2D eigenvalue weighted by Gasteiger charge is -2.40. The minimum absolute atomic E-state index is 0.0256. The third-order valence-electron chi connectivity index (χ3n) is 5.13. The smallest absolute Gasteiger partial charge is 0.290 e. The second-order valence-corrected chi connectivity index (χ2v) is 6.31. The molecular formula is C18H21NO4. The third kappa shape index (κ3) is 2.26. The van der Waals surface area contributed by atoms with Crippen LogP contribution in [0, 0.1) is 6.92 Å². The molecule has 3 atom stereocenters. The van der Waals surface area contributed by atoms with Crippen molar-refractivity contribution in [3.63, 3.8) is 0 Å². The van der Waals surface area contributed by atoms with E-state index in [0.717, 1.165) is 29.4 Å². The monoisotopic (exact) mass is 315 g/mol. The van der Waals surface area contributed by atoms with Crippen molar-refractivity contribution in [2.45, 2.75) is 38.0 Å². The predicted octanol–water partition coefficient (Wildman–Crippen LogP) is 2.76. The van der Waals surface area contributed by atoms with Gasteiger partial charge in [0.05, 0.1) is 12.1 Å². The molecule has 5 nitrogen and oxygen atoms in total. The van der Waals surface area contributed by atoms with E-state index in [1.807, 2.05) is 36.1 Å². The molecule has 23 heavy (non-hydrogen) atoms. The fraction of sp³-hybridized carbons (Fsp3) is 0.500. The summed E-state index contributed by atoms with van der Waals surface area (Å²) >= 11 is 0. The van der Waals surface area contributed by atoms with Gasteiger partial charge in [0.1, 0.15) is 11.7 Å². The summed E-state index contributed by atoms with van der Waals surface area (Å²) in [6.07, 6.45) is 1.70. The largest absolute Gasteiger partial charge is 0.451 e. The maximum absolute atomic E-state index is 13.1. The number of ether oxygens (including phenoxy) is 2. The van der Waals surface area contributed by atoms with Gasteiger partial charge >= 0.3 is 0 Å². The van der Waals surface area contributed by atoms with E-state index in [0.29, 0.717) is 18.9 Å². The lowest BCUT2D eigenvalue weighted by Crippen LogP contribution is -2.55. The first-order valence-electron chi connectivity index (χ1n) is 8.14. The average molecular weight is 315 g/mol. The van der Waals surface area contributed by atoms with Crippen molar-refractivity contribution < 1.29 is 18.7 Å². The number of hydrogen-bond donors (Lipinski definition) is 0. The molecule has 4 rings (SSSR count). The van der Waals surface area contributed by atoms with Crippen molar-refractivity contribution in [1.29, 1.82) is 0 Å². The standard InChI is InChI=1S/C18H21NO4/c1-11-12-5-3-4-6-14(12)23-16(11)18(20)19-9-7-15(21-2)17-13(19)8-10-22-17/h3-6,13,15,17H,7-10H2,1-2H3/t13-,15-,17-/m0/s1. The van der Waals surface area contributed by atoms with Crippen molar-refractivity contribution >= 4 is 16.9 Å². The molecule has 2 fully saturated rings. The van der Waals surface area contributed by atoms with Crippen LogP contribution in [0.3, 0.4) is 0 Å². The molecule has 1 aromatic carbocycles. The van der Waals surface area contributed by atoms with Gasteiger partial charge in [0.25, 0.3) is 5.91 Å². The highest BCUT2D eigenvalue weighted by molar-refractivity contribution is 5.99. The Bertz CT molecular complexity index is 738. The van der Waals surface area contributed by atoms with E-state index in [4.69, 9.17) is 13.9 Å². The highest BCUT2D eigenvalue weighted by atomic mass is 16.5. The summed E-state index contributed by atoms with van der Waals surface area (Å²) in [6.45, 7) is 3.31. The van der Waals surface area contributed by atoms with E-state index in [1.165, 1.54) is 0 Å². The van der Waals surface area contributed by atoms with Gasteiger partial charge in [-0.05, 0) is 25.8 Å². The zero-order chi connectivity index (χ0) is 16.0. The summed E-state index contributed by atoms with van der Waals surface area (Å²) in [4.78, 5) is 15.0. The van der Waals surface area contributed by atoms with Gasteiger partial charge in [-0.3, -0.25) is 4.79 Å². The number of aryl methyl sites for hydroxylation is 1. The van der Waals surface area contributed by atoms with Gasteiger partial charge in [-0.25, -0.2) is 0 Å². The molecule has 0 aliphatic carbocycles. The van der Waals surface area contributed by atoms with Crippen molar-refractivity contribution in [2.24, 2.45) is 0 Å². The van der Waals surface area contributed by atoms with Gasteiger partial charge in [0.15, 0.2) is 5.76 Å².